The Morgan fingerprint density at radius 3 is 2.83 bits per heavy atom. The SMILES string of the molecule is N#Cc1c(N)nc2c(c1-c1cccnc1)CCc1cc(O)ccc1-2. The van der Waals surface area contributed by atoms with Gasteiger partial charge in [0.15, 0.2) is 0 Å². The van der Waals surface area contributed by atoms with Crippen LogP contribution in [0.25, 0.3) is 22.4 Å². The van der Waals surface area contributed by atoms with Gasteiger partial charge in [0.05, 0.1) is 5.69 Å². The van der Waals surface area contributed by atoms with Crippen LogP contribution in [-0.2, 0) is 12.8 Å². The third-order valence-electron chi connectivity index (χ3n) is 4.38. The maximum absolute atomic E-state index is 9.71. The molecule has 0 saturated heterocycles. The lowest BCUT2D eigenvalue weighted by atomic mass is 9.83. The van der Waals surface area contributed by atoms with Crippen molar-refractivity contribution in [2.45, 2.75) is 12.8 Å². The molecular weight excluding hydrogens is 300 g/mol. The number of nitrogen functional groups attached to an aromatic ring is 1. The summed E-state index contributed by atoms with van der Waals surface area (Å²) >= 11 is 0. The second-order valence-electron chi connectivity index (χ2n) is 5.77. The van der Waals surface area contributed by atoms with Crippen LogP contribution in [0.3, 0.4) is 0 Å². The third-order valence-corrected chi connectivity index (χ3v) is 4.38. The summed E-state index contributed by atoms with van der Waals surface area (Å²) in [5, 5.41) is 19.3. The monoisotopic (exact) mass is 314 g/mol. The van der Waals surface area contributed by atoms with Gasteiger partial charge in [-0.1, -0.05) is 6.07 Å². The second-order valence-corrected chi connectivity index (χ2v) is 5.77. The van der Waals surface area contributed by atoms with Crippen molar-refractivity contribution in [2.75, 3.05) is 5.73 Å². The van der Waals surface area contributed by atoms with Gasteiger partial charge in [-0.2, -0.15) is 5.26 Å². The molecule has 0 amide bonds. The van der Waals surface area contributed by atoms with Crippen LogP contribution in [0.5, 0.6) is 5.75 Å². The number of rotatable bonds is 1. The Morgan fingerprint density at radius 2 is 2.08 bits per heavy atom. The molecule has 0 unspecified atom stereocenters. The predicted molar refractivity (Wildman–Crippen MR) is 91.1 cm³/mol. The molecule has 0 bridgehead atoms. The summed E-state index contributed by atoms with van der Waals surface area (Å²) in [7, 11) is 0. The Hall–Kier alpha value is -3.39. The minimum absolute atomic E-state index is 0.219. The molecule has 0 aliphatic heterocycles. The molecule has 0 fully saturated rings. The van der Waals surface area contributed by atoms with Crippen LogP contribution in [0.4, 0.5) is 5.82 Å². The van der Waals surface area contributed by atoms with Crippen molar-refractivity contribution in [1.29, 1.82) is 5.26 Å². The fourth-order valence-corrected chi connectivity index (χ4v) is 3.33. The molecule has 0 saturated carbocycles. The molecule has 1 aliphatic carbocycles. The van der Waals surface area contributed by atoms with Gasteiger partial charge < -0.3 is 10.8 Å². The molecule has 2 heterocycles. The Bertz CT molecular complexity index is 990. The number of fused-ring (bicyclic) bond motifs is 3. The zero-order valence-electron chi connectivity index (χ0n) is 12.8. The first-order valence-corrected chi connectivity index (χ1v) is 7.64. The summed E-state index contributed by atoms with van der Waals surface area (Å²) in [6.45, 7) is 0. The number of hydrogen-bond acceptors (Lipinski definition) is 5. The molecule has 24 heavy (non-hydrogen) atoms. The van der Waals surface area contributed by atoms with E-state index in [0.717, 1.165) is 46.4 Å². The van der Waals surface area contributed by atoms with Crippen molar-refractivity contribution in [3.8, 4) is 34.2 Å². The van der Waals surface area contributed by atoms with E-state index < -0.39 is 0 Å². The summed E-state index contributed by atoms with van der Waals surface area (Å²) in [4.78, 5) is 8.66. The Labute approximate surface area is 139 Å². The third kappa shape index (κ3) is 2.09. The number of aryl methyl sites for hydroxylation is 1. The van der Waals surface area contributed by atoms with Crippen LogP contribution < -0.4 is 5.73 Å². The molecule has 116 valence electrons. The van der Waals surface area contributed by atoms with Crippen molar-refractivity contribution in [3.05, 3.63) is 59.4 Å². The van der Waals surface area contributed by atoms with Gasteiger partial charge in [0.1, 0.15) is 23.2 Å². The summed E-state index contributed by atoms with van der Waals surface area (Å²) in [6.07, 6.45) is 4.95. The van der Waals surface area contributed by atoms with Crippen molar-refractivity contribution in [3.63, 3.8) is 0 Å². The number of nitriles is 1. The van der Waals surface area contributed by atoms with E-state index in [1.165, 1.54) is 0 Å². The van der Waals surface area contributed by atoms with E-state index in [1.54, 1.807) is 24.5 Å². The number of nitrogens with zero attached hydrogens (tertiary/aromatic N) is 3. The smallest absolute Gasteiger partial charge is 0.142 e. The Kier molecular flexibility index (Phi) is 3.17. The van der Waals surface area contributed by atoms with Gasteiger partial charge >= 0.3 is 0 Å². The average molecular weight is 314 g/mol. The summed E-state index contributed by atoms with van der Waals surface area (Å²) in [5.74, 6) is 0.460. The largest absolute Gasteiger partial charge is 0.508 e. The van der Waals surface area contributed by atoms with E-state index in [2.05, 4.69) is 16.0 Å². The molecule has 0 atom stereocenters. The van der Waals surface area contributed by atoms with Gasteiger partial charge in [-0.3, -0.25) is 4.98 Å². The van der Waals surface area contributed by atoms with Crippen molar-refractivity contribution >= 4 is 5.82 Å². The summed E-state index contributed by atoms with van der Waals surface area (Å²) < 4.78 is 0. The number of anilines is 1. The molecule has 5 heteroatoms. The first kappa shape index (κ1) is 14.2. The van der Waals surface area contributed by atoms with Crippen LogP contribution in [0.1, 0.15) is 16.7 Å². The molecule has 4 rings (SSSR count). The highest BCUT2D eigenvalue weighted by Gasteiger charge is 2.25. The number of aromatic hydroxyl groups is 1. The number of benzene rings is 1. The minimum atomic E-state index is 0.219. The zero-order valence-corrected chi connectivity index (χ0v) is 12.8. The topological polar surface area (TPSA) is 95.8 Å². The first-order valence-electron chi connectivity index (χ1n) is 7.64. The van der Waals surface area contributed by atoms with Gasteiger partial charge in [-0.05, 0) is 48.2 Å². The lowest BCUT2D eigenvalue weighted by Crippen LogP contribution is -2.11. The standard InChI is InChI=1S/C19H14N4O/c20-9-16-17(12-2-1-7-22-10-12)15-5-3-11-8-13(24)4-6-14(11)18(15)23-19(16)21/h1-2,4,6-8,10,24H,3,5H2,(H2,21,23). The quantitative estimate of drug-likeness (QED) is 0.719. The zero-order chi connectivity index (χ0) is 16.7. The molecule has 0 spiro atoms. The number of nitrogens with two attached hydrogens (primary N) is 1. The number of aromatic nitrogens is 2. The Balaban J connectivity index is 2.06. The van der Waals surface area contributed by atoms with Crippen molar-refractivity contribution < 1.29 is 5.11 Å². The molecule has 1 aromatic carbocycles. The molecule has 3 N–H and O–H groups in total. The fraction of sp³-hybridized carbons (Fsp3) is 0.105. The van der Waals surface area contributed by atoms with E-state index in [-0.39, 0.29) is 11.6 Å². The summed E-state index contributed by atoms with van der Waals surface area (Å²) in [6, 6.07) is 11.2. The average Bonchev–Trinajstić information content (AvgIpc) is 2.61. The van der Waals surface area contributed by atoms with Gasteiger partial charge in [0, 0.05) is 29.1 Å². The van der Waals surface area contributed by atoms with Crippen LogP contribution in [-0.4, -0.2) is 15.1 Å². The second kappa shape index (κ2) is 5.36. The van der Waals surface area contributed by atoms with E-state index in [9.17, 15) is 10.4 Å². The van der Waals surface area contributed by atoms with E-state index in [4.69, 9.17) is 5.73 Å². The highest BCUT2D eigenvalue weighted by Crippen LogP contribution is 2.41. The van der Waals surface area contributed by atoms with Gasteiger partial charge in [-0.25, -0.2) is 4.98 Å². The molecule has 2 aromatic heterocycles. The minimum Gasteiger partial charge on any atom is -0.508 e. The number of phenols is 1. The first-order chi connectivity index (χ1) is 11.7. The maximum Gasteiger partial charge on any atom is 0.142 e. The molecule has 3 aromatic rings. The predicted octanol–water partition coefficient (Wildman–Crippen LogP) is 3.07. The number of phenolic OH excluding ortho intramolecular Hbond substituents is 1. The number of hydrogen-bond donors (Lipinski definition) is 2. The molecule has 0 radical (unpaired) electrons. The lowest BCUT2D eigenvalue weighted by Gasteiger charge is -2.23. The van der Waals surface area contributed by atoms with Crippen molar-refractivity contribution in [1.82, 2.24) is 9.97 Å². The number of pyridine rings is 2. The van der Waals surface area contributed by atoms with Crippen LogP contribution >= 0.6 is 0 Å². The molecule has 5 nitrogen and oxygen atoms in total. The van der Waals surface area contributed by atoms with E-state index in [0.29, 0.717) is 5.56 Å². The van der Waals surface area contributed by atoms with Gasteiger partial charge in [0.25, 0.3) is 0 Å². The fourth-order valence-electron chi connectivity index (χ4n) is 3.33. The molecule has 1 aliphatic rings. The molecular formula is C19H14N4O. The van der Waals surface area contributed by atoms with E-state index in [1.807, 2.05) is 18.2 Å². The van der Waals surface area contributed by atoms with Crippen LogP contribution in [0, 0.1) is 11.3 Å². The normalized spacial score (nSPS) is 12.1. The van der Waals surface area contributed by atoms with Crippen LogP contribution in [0.15, 0.2) is 42.7 Å². The summed E-state index contributed by atoms with van der Waals surface area (Å²) in [5.41, 5.74) is 11.9. The van der Waals surface area contributed by atoms with E-state index >= 15 is 0 Å². The highest BCUT2D eigenvalue weighted by molar-refractivity contribution is 5.86. The van der Waals surface area contributed by atoms with Crippen molar-refractivity contribution in [2.24, 2.45) is 0 Å². The van der Waals surface area contributed by atoms with Crippen LogP contribution in [0.2, 0.25) is 0 Å². The Morgan fingerprint density at radius 1 is 1.21 bits per heavy atom. The highest BCUT2D eigenvalue weighted by atomic mass is 16.3. The van der Waals surface area contributed by atoms with Gasteiger partial charge in [-0.15, -0.1) is 0 Å². The van der Waals surface area contributed by atoms with Gasteiger partial charge in [0.2, 0.25) is 0 Å². The lowest BCUT2D eigenvalue weighted by molar-refractivity contribution is 0.474. The maximum atomic E-state index is 9.71.